The van der Waals surface area contributed by atoms with Crippen LogP contribution in [0.2, 0.25) is 0 Å². The zero-order valence-corrected chi connectivity index (χ0v) is 7.10. The summed E-state index contributed by atoms with van der Waals surface area (Å²) in [5.41, 5.74) is 0.501. The summed E-state index contributed by atoms with van der Waals surface area (Å²) < 4.78 is 0. The largest absolute Gasteiger partial charge is 0.474 e. The lowest BCUT2D eigenvalue weighted by atomic mass is 10.4. The van der Waals surface area contributed by atoms with Gasteiger partial charge < -0.3 is 5.11 Å². The SMILES string of the molecule is C=Cc1ccnc(NC(=O)C(=O)O)n1. The number of carbonyl (C=O) groups is 2. The van der Waals surface area contributed by atoms with Gasteiger partial charge in [-0.3, -0.25) is 10.1 Å². The number of amides is 1. The zero-order valence-electron chi connectivity index (χ0n) is 7.10. The van der Waals surface area contributed by atoms with Gasteiger partial charge in [0, 0.05) is 6.20 Å². The third kappa shape index (κ3) is 2.37. The summed E-state index contributed by atoms with van der Waals surface area (Å²) in [7, 11) is 0. The first-order valence-corrected chi connectivity index (χ1v) is 3.63. The molecule has 0 radical (unpaired) electrons. The van der Waals surface area contributed by atoms with Gasteiger partial charge in [0.2, 0.25) is 5.95 Å². The predicted molar refractivity (Wildman–Crippen MR) is 48.4 cm³/mol. The van der Waals surface area contributed by atoms with Crippen LogP contribution in [0.3, 0.4) is 0 Å². The van der Waals surface area contributed by atoms with Crippen molar-refractivity contribution in [3.05, 3.63) is 24.5 Å². The highest BCUT2D eigenvalue weighted by Crippen LogP contribution is 2.00. The van der Waals surface area contributed by atoms with E-state index in [0.717, 1.165) is 0 Å². The average Bonchev–Trinajstić information content (AvgIpc) is 2.18. The van der Waals surface area contributed by atoms with Gasteiger partial charge in [0.05, 0.1) is 5.69 Å². The van der Waals surface area contributed by atoms with E-state index in [1.807, 2.05) is 5.32 Å². The summed E-state index contributed by atoms with van der Waals surface area (Å²) >= 11 is 0. The Kier molecular flexibility index (Phi) is 2.90. The number of nitrogens with zero attached hydrogens (tertiary/aromatic N) is 2. The monoisotopic (exact) mass is 193 g/mol. The Morgan fingerprint density at radius 3 is 2.86 bits per heavy atom. The minimum Gasteiger partial charge on any atom is -0.474 e. The van der Waals surface area contributed by atoms with E-state index in [0.29, 0.717) is 5.69 Å². The molecule has 0 spiro atoms. The highest BCUT2D eigenvalue weighted by atomic mass is 16.4. The molecule has 14 heavy (non-hydrogen) atoms. The van der Waals surface area contributed by atoms with Gasteiger partial charge in [0.25, 0.3) is 0 Å². The molecule has 1 amide bonds. The van der Waals surface area contributed by atoms with Crippen molar-refractivity contribution in [2.24, 2.45) is 0 Å². The summed E-state index contributed by atoms with van der Waals surface area (Å²) in [6, 6.07) is 1.57. The molecule has 6 heteroatoms. The fraction of sp³-hybridized carbons (Fsp3) is 0. The molecular formula is C8H7N3O3. The molecule has 2 N–H and O–H groups in total. The summed E-state index contributed by atoms with van der Waals surface area (Å²) in [5.74, 6) is -2.82. The Bertz CT molecular complexity index is 389. The number of hydrogen-bond donors (Lipinski definition) is 2. The van der Waals surface area contributed by atoms with Crippen LogP contribution in [0.25, 0.3) is 6.08 Å². The van der Waals surface area contributed by atoms with Crippen LogP contribution in [0.1, 0.15) is 5.69 Å². The molecule has 0 saturated heterocycles. The topological polar surface area (TPSA) is 92.2 Å². The maximum absolute atomic E-state index is 10.7. The summed E-state index contributed by atoms with van der Waals surface area (Å²) in [4.78, 5) is 28.3. The molecule has 0 aromatic carbocycles. The fourth-order valence-electron chi connectivity index (χ4n) is 0.702. The number of aromatic nitrogens is 2. The molecule has 0 aliphatic rings. The van der Waals surface area contributed by atoms with Crippen LogP contribution < -0.4 is 5.32 Å². The Labute approximate surface area is 79.3 Å². The molecule has 0 fully saturated rings. The molecule has 1 aromatic rings. The Morgan fingerprint density at radius 2 is 2.29 bits per heavy atom. The molecule has 0 aliphatic carbocycles. The lowest BCUT2D eigenvalue weighted by Crippen LogP contribution is -2.23. The van der Waals surface area contributed by atoms with Gasteiger partial charge in [-0.25, -0.2) is 14.8 Å². The van der Waals surface area contributed by atoms with E-state index in [9.17, 15) is 9.59 Å². The Hall–Kier alpha value is -2.24. The normalized spacial score (nSPS) is 9.14. The van der Waals surface area contributed by atoms with Gasteiger partial charge in [-0.2, -0.15) is 0 Å². The van der Waals surface area contributed by atoms with Crippen LogP contribution in [0.15, 0.2) is 18.8 Å². The molecule has 0 atom stereocenters. The third-order valence-corrected chi connectivity index (χ3v) is 1.31. The van der Waals surface area contributed by atoms with Crippen molar-refractivity contribution < 1.29 is 14.7 Å². The van der Waals surface area contributed by atoms with Gasteiger partial charge in [-0.1, -0.05) is 6.58 Å². The minimum atomic E-state index is -1.59. The fourth-order valence-corrected chi connectivity index (χ4v) is 0.702. The number of nitrogens with one attached hydrogen (secondary N) is 1. The molecule has 0 saturated carbocycles. The highest BCUT2D eigenvalue weighted by molar-refractivity contribution is 6.36. The molecule has 0 aliphatic heterocycles. The minimum absolute atomic E-state index is 0.0604. The second-order valence-electron chi connectivity index (χ2n) is 2.27. The first-order valence-electron chi connectivity index (χ1n) is 3.63. The van der Waals surface area contributed by atoms with Crippen LogP contribution in [0.5, 0.6) is 0 Å². The van der Waals surface area contributed by atoms with Gasteiger partial charge >= 0.3 is 11.9 Å². The summed E-state index contributed by atoms with van der Waals surface area (Å²) in [5, 5.41) is 10.3. The quantitative estimate of drug-likeness (QED) is 0.652. The summed E-state index contributed by atoms with van der Waals surface area (Å²) in [6.07, 6.45) is 2.85. The van der Waals surface area contributed by atoms with E-state index >= 15 is 0 Å². The van der Waals surface area contributed by atoms with E-state index in [4.69, 9.17) is 5.11 Å². The lowest BCUT2D eigenvalue weighted by molar-refractivity contribution is -0.147. The van der Waals surface area contributed by atoms with Gasteiger partial charge in [-0.05, 0) is 12.1 Å². The Morgan fingerprint density at radius 1 is 1.57 bits per heavy atom. The number of aliphatic carboxylic acids is 1. The molecule has 6 nitrogen and oxygen atoms in total. The van der Waals surface area contributed by atoms with Crippen molar-refractivity contribution in [2.75, 3.05) is 5.32 Å². The van der Waals surface area contributed by atoms with Crippen molar-refractivity contribution >= 4 is 23.9 Å². The lowest BCUT2D eigenvalue weighted by Gasteiger charge is -1.99. The van der Waals surface area contributed by atoms with Gasteiger partial charge in [0.1, 0.15) is 0 Å². The van der Waals surface area contributed by atoms with Crippen molar-refractivity contribution in [1.82, 2.24) is 9.97 Å². The maximum atomic E-state index is 10.7. The van der Waals surface area contributed by atoms with E-state index in [1.165, 1.54) is 12.3 Å². The zero-order chi connectivity index (χ0) is 10.6. The molecule has 0 unspecified atom stereocenters. The van der Waals surface area contributed by atoms with Crippen molar-refractivity contribution in [1.29, 1.82) is 0 Å². The van der Waals surface area contributed by atoms with Crippen molar-refractivity contribution in [2.45, 2.75) is 0 Å². The van der Waals surface area contributed by atoms with Crippen LogP contribution >= 0.6 is 0 Å². The van der Waals surface area contributed by atoms with Crippen LogP contribution in [0, 0.1) is 0 Å². The van der Waals surface area contributed by atoms with Crippen LogP contribution in [-0.4, -0.2) is 27.0 Å². The van der Waals surface area contributed by atoms with Gasteiger partial charge in [-0.15, -0.1) is 0 Å². The number of carboxylic acids is 1. The highest BCUT2D eigenvalue weighted by Gasteiger charge is 2.12. The van der Waals surface area contributed by atoms with E-state index < -0.39 is 11.9 Å². The number of carboxylic acid groups (broad SMARTS) is 1. The second-order valence-corrected chi connectivity index (χ2v) is 2.27. The van der Waals surface area contributed by atoms with Crippen LogP contribution in [0.4, 0.5) is 5.95 Å². The van der Waals surface area contributed by atoms with E-state index in [2.05, 4.69) is 16.5 Å². The smallest absolute Gasteiger partial charge is 0.394 e. The molecule has 72 valence electrons. The molecule has 1 heterocycles. The molecule has 1 rings (SSSR count). The number of hydrogen-bond acceptors (Lipinski definition) is 4. The first kappa shape index (κ1) is 9.85. The third-order valence-electron chi connectivity index (χ3n) is 1.31. The molecular weight excluding hydrogens is 186 g/mol. The molecule has 0 bridgehead atoms. The summed E-state index contributed by atoms with van der Waals surface area (Å²) in [6.45, 7) is 3.47. The maximum Gasteiger partial charge on any atom is 0.394 e. The van der Waals surface area contributed by atoms with Gasteiger partial charge in [0.15, 0.2) is 0 Å². The number of rotatable bonds is 2. The standard InChI is InChI=1S/C8H7N3O3/c1-2-5-3-4-9-8(10-5)11-6(12)7(13)14/h2-4H,1H2,(H,13,14)(H,9,10,11,12). The van der Waals surface area contributed by atoms with E-state index in [-0.39, 0.29) is 5.95 Å². The molecule has 1 aromatic heterocycles. The van der Waals surface area contributed by atoms with Crippen molar-refractivity contribution in [3.8, 4) is 0 Å². The first-order chi connectivity index (χ1) is 6.63. The number of carbonyl (C=O) groups excluding carboxylic acids is 1. The second kappa shape index (κ2) is 4.13. The van der Waals surface area contributed by atoms with E-state index in [1.54, 1.807) is 6.07 Å². The average molecular weight is 193 g/mol. The van der Waals surface area contributed by atoms with Crippen LogP contribution in [-0.2, 0) is 9.59 Å². The number of anilines is 1. The van der Waals surface area contributed by atoms with Crippen molar-refractivity contribution in [3.63, 3.8) is 0 Å². The predicted octanol–water partition coefficient (Wildman–Crippen LogP) is 0.143. The Balaban J connectivity index is 2.81.